The van der Waals surface area contributed by atoms with E-state index in [-0.39, 0.29) is 17.9 Å². The Hall–Kier alpha value is -4.88. The molecule has 14 heteroatoms. The zero-order valence-corrected chi connectivity index (χ0v) is 22.8. The summed E-state index contributed by atoms with van der Waals surface area (Å²) in [6, 6.07) is 6.28. The lowest BCUT2D eigenvalue weighted by Gasteiger charge is -2.16. The van der Waals surface area contributed by atoms with Crippen molar-refractivity contribution in [3.63, 3.8) is 0 Å². The predicted octanol–water partition coefficient (Wildman–Crippen LogP) is 4.86. The molecule has 0 fully saturated rings. The molecule has 224 valence electrons. The van der Waals surface area contributed by atoms with Crippen LogP contribution in [0.3, 0.4) is 0 Å². The maximum atomic E-state index is 14.5. The number of ether oxygens (including phenoxy) is 1. The Morgan fingerprint density at radius 3 is 2.56 bits per heavy atom. The summed E-state index contributed by atoms with van der Waals surface area (Å²) >= 11 is 0. The second kappa shape index (κ2) is 11.4. The number of amides is 2. The van der Waals surface area contributed by atoms with Crippen LogP contribution in [0.2, 0.25) is 0 Å². The molecule has 2 heterocycles. The summed E-state index contributed by atoms with van der Waals surface area (Å²) in [6.07, 6.45) is -3.02. The minimum Gasteiger partial charge on any atom is -0.462 e. The van der Waals surface area contributed by atoms with E-state index in [0.717, 1.165) is 39.5 Å². The van der Waals surface area contributed by atoms with Gasteiger partial charge in [-0.1, -0.05) is 12.1 Å². The van der Waals surface area contributed by atoms with Crippen LogP contribution >= 0.6 is 0 Å². The molecule has 0 radical (unpaired) electrons. The fourth-order valence-electron chi connectivity index (χ4n) is 5.08. The van der Waals surface area contributed by atoms with Crippen LogP contribution in [0.15, 0.2) is 42.6 Å². The van der Waals surface area contributed by atoms with Gasteiger partial charge in [0.25, 0.3) is 11.8 Å². The van der Waals surface area contributed by atoms with Gasteiger partial charge in [-0.25, -0.2) is 23.1 Å². The molecule has 4 aromatic rings. The van der Waals surface area contributed by atoms with E-state index in [1.165, 1.54) is 0 Å². The zero-order chi connectivity index (χ0) is 31.1. The van der Waals surface area contributed by atoms with E-state index in [1.54, 1.807) is 26.0 Å². The summed E-state index contributed by atoms with van der Waals surface area (Å²) in [4.78, 5) is 42.6. The van der Waals surface area contributed by atoms with Gasteiger partial charge in [0.15, 0.2) is 11.5 Å². The molecule has 0 bridgehead atoms. The van der Waals surface area contributed by atoms with E-state index >= 15 is 0 Å². The number of hydrogen-bond donors (Lipinski definition) is 2. The summed E-state index contributed by atoms with van der Waals surface area (Å²) in [5, 5.41) is 9.07. The van der Waals surface area contributed by atoms with Crippen LogP contribution in [0.4, 0.5) is 22.0 Å². The molecule has 2 amide bonds. The normalized spacial score (nSPS) is 14.4. The first-order chi connectivity index (χ1) is 20.4. The van der Waals surface area contributed by atoms with Crippen LogP contribution in [0.1, 0.15) is 78.5 Å². The maximum Gasteiger partial charge on any atom is 0.419 e. The molecular weight excluding hydrogens is 577 g/mol. The second-order valence-electron chi connectivity index (χ2n) is 9.84. The zero-order valence-electron chi connectivity index (χ0n) is 22.8. The van der Waals surface area contributed by atoms with Gasteiger partial charge in [0.05, 0.1) is 30.0 Å². The molecular formula is C29H24F5N5O4. The number of rotatable bonds is 7. The number of carbonyl (C=O) groups is 3. The van der Waals surface area contributed by atoms with E-state index in [0.29, 0.717) is 30.5 Å². The lowest BCUT2D eigenvalue weighted by Crippen LogP contribution is -2.31. The molecule has 2 aromatic heterocycles. The standard InChI is InChI=1S/C29H24F5N5O4/c1-3-43-28(42)17-5-6-18-16(14(17)2)7-9-22(18)38-27(41)24-11-23(37-25-21(31)13-36-39(24)25)26(40)35-12-15-4-8-20(30)19(10-15)29(32,33)34/h4-6,8,10-11,13,22H,3,7,9,12H2,1-2H3,(H,35,40)(H,38,41)/t22-/m0/s1. The maximum absolute atomic E-state index is 14.5. The average molecular weight is 602 g/mol. The first kappa shape index (κ1) is 29.6. The van der Waals surface area contributed by atoms with Crippen molar-refractivity contribution in [3.8, 4) is 0 Å². The topological polar surface area (TPSA) is 115 Å². The van der Waals surface area contributed by atoms with Gasteiger partial charge in [-0.15, -0.1) is 0 Å². The van der Waals surface area contributed by atoms with Gasteiger partial charge in [0.1, 0.15) is 17.2 Å². The van der Waals surface area contributed by atoms with E-state index in [2.05, 4.69) is 20.7 Å². The van der Waals surface area contributed by atoms with Crippen molar-refractivity contribution in [2.45, 2.75) is 45.5 Å². The summed E-state index contributed by atoms with van der Waals surface area (Å²) in [7, 11) is 0. The summed E-state index contributed by atoms with van der Waals surface area (Å²) in [5.41, 5.74) is 0.322. The summed E-state index contributed by atoms with van der Waals surface area (Å²) < 4.78 is 73.3. The molecule has 2 aromatic carbocycles. The molecule has 43 heavy (non-hydrogen) atoms. The summed E-state index contributed by atoms with van der Waals surface area (Å²) in [5.74, 6) is -4.42. The second-order valence-corrected chi connectivity index (χ2v) is 9.84. The van der Waals surface area contributed by atoms with Crippen LogP contribution in [-0.2, 0) is 23.9 Å². The molecule has 9 nitrogen and oxygen atoms in total. The van der Waals surface area contributed by atoms with Crippen molar-refractivity contribution >= 4 is 23.4 Å². The largest absolute Gasteiger partial charge is 0.462 e. The Morgan fingerprint density at radius 2 is 1.84 bits per heavy atom. The highest BCUT2D eigenvalue weighted by atomic mass is 19.4. The van der Waals surface area contributed by atoms with Crippen molar-refractivity contribution in [1.29, 1.82) is 0 Å². The van der Waals surface area contributed by atoms with E-state index < -0.39 is 65.1 Å². The smallest absolute Gasteiger partial charge is 0.419 e. The Balaban J connectivity index is 1.38. The number of nitrogens with one attached hydrogen (secondary N) is 2. The third kappa shape index (κ3) is 5.76. The van der Waals surface area contributed by atoms with Gasteiger partial charge >= 0.3 is 12.1 Å². The average Bonchev–Trinajstić information content (AvgIpc) is 3.55. The van der Waals surface area contributed by atoms with Crippen LogP contribution in [0.25, 0.3) is 5.65 Å². The Labute approximate surface area is 241 Å². The Kier molecular flexibility index (Phi) is 7.86. The van der Waals surface area contributed by atoms with Crippen molar-refractivity contribution in [3.05, 3.63) is 99.0 Å². The molecule has 0 aliphatic heterocycles. The van der Waals surface area contributed by atoms with Gasteiger partial charge < -0.3 is 15.4 Å². The number of halogens is 5. The number of esters is 1. The molecule has 2 N–H and O–H groups in total. The van der Waals surface area contributed by atoms with Crippen LogP contribution in [0.5, 0.6) is 0 Å². The number of benzene rings is 2. The molecule has 0 saturated carbocycles. The number of aromatic nitrogens is 3. The van der Waals surface area contributed by atoms with Gasteiger partial charge in [0, 0.05) is 12.6 Å². The minimum atomic E-state index is -4.93. The fourth-order valence-corrected chi connectivity index (χ4v) is 5.08. The molecule has 1 aliphatic carbocycles. The van der Waals surface area contributed by atoms with Gasteiger partial charge in [-0.3, -0.25) is 9.59 Å². The first-order valence-corrected chi connectivity index (χ1v) is 13.2. The summed E-state index contributed by atoms with van der Waals surface area (Å²) in [6.45, 7) is 3.31. The van der Waals surface area contributed by atoms with Gasteiger partial charge in [-0.2, -0.15) is 18.3 Å². The quantitative estimate of drug-likeness (QED) is 0.231. The van der Waals surface area contributed by atoms with Crippen LogP contribution in [0, 0.1) is 18.6 Å². The minimum absolute atomic E-state index is 0.0436. The Morgan fingerprint density at radius 1 is 1.07 bits per heavy atom. The van der Waals surface area contributed by atoms with Gasteiger partial charge in [0.2, 0.25) is 0 Å². The van der Waals surface area contributed by atoms with Crippen LogP contribution in [-0.4, -0.2) is 39.0 Å². The highest BCUT2D eigenvalue weighted by Crippen LogP contribution is 2.35. The lowest BCUT2D eigenvalue weighted by molar-refractivity contribution is -0.140. The highest BCUT2D eigenvalue weighted by molar-refractivity contribution is 5.98. The highest BCUT2D eigenvalue weighted by Gasteiger charge is 2.34. The molecule has 0 unspecified atom stereocenters. The van der Waals surface area contributed by atoms with Crippen molar-refractivity contribution in [2.75, 3.05) is 6.61 Å². The SMILES string of the molecule is CCOC(=O)c1ccc2c(c1C)CC[C@@H]2NC(=O)c1cc(C(=O)NCc2ccc(F)c(C(F)(F)F)c2)nc2c(F)cnn12. The molecule has 1 atom stereocenters. The lowest BCUT2D eigenvalue weighted by atomic mass is 9.98. The van der Waals surface area contributed by atoms with Crippen molar-refractivity contribution in [1.82, 2.24) is 25.2 Å². The molecule has 1 aliphatic rings. The third-order valence-corrected chi connectivity index (χ3v) is 7.18. The van der Waals surface area contributed by atoms with Crippen LogP contribution < -0.4 is 10.6 Å². The van der Waals surface area contributed by atoms with Crippen molar-refractivity contribution in [2.24, 2.45) is 0 Å². The van der Waals surface area contributed by atoms with E-state index in [1.807, 2.05) is 0 Å². The number of alkyl halides is 3. The number of nitrogens with zero attached hydrogens (tertiary/aromatic N) is 3. The van der Waals surface area contributed by atoms with E-state index in [4.69, 9.17) is 4.74 Å². The number of hydrogen-bond acceptors (Lipinski definition) is 6. The third-order valence-electron chi connectivity index (χ3n) is 7.18. The number of fused-ring (bicyclic) bond motifs is 2. The van der Waals surface area contributed by atoms with Crippen molar-refractivity contribution < 1.29 is 41.1 Å². The van der Waals surface area contributed by atoms with E-state index in [9.17, 15) is 36.3 Å². The Bertz CT molecular complexity index is 1770. The fraction of sp³-hybridized carbons (Fsp3) is 0.276. The molecule has 0 spiro atoms. The molecule has 0 saturated heterocycles. The first-order valence-electron chi connectivity index (χ1n) is 13.2. The van der Waals surface area contributed by atoms with Gasteiger partial charge in [-0.05, 0) is 67.1 Å². The number of carbonyl (C=O) groups excluding carboxylic acids is 3. The molecule has 5 rings (SSSR count). The predicted molar refractivity (Wildman–Crippen MR) is 141 cm³/mol. The monoisotopic (exact) mass is 601 g/mol.